The molecule has 0 aliphatic carbocycles. The SMILES string of the molecule is O=C(O)CCNCc1cc(-c2ccccc2)cs1. The Morgan fingerprint density at radius 2 is 2.00 bits per heavy atom. The van der Waals surface area contributed by atoms with Gasteiger partial charge in [-0.15, -0.1) is 11.3 Å². The van der Waals surface area contributed by atoms with E-state index in [0.717, 1.165) is 6.54 Å². The maximum Gasteiger partial charge on any atom is 0.304 e. The van der Waals surface area contributed by atoms with Crippen LogP contribution in [0.3, 0.4) is 0 Å². The molecule has 0 radical (unpaired) electrons. The first-order chi connectivity index (χ1) is 8.75. The van der Waals surface area contributed by atoms with Gasteiger partial charge in [-0.2, -0.15) is 0 Å². The number of rotatable bonds is 6. The van der Waals surface area contributed by atoms with Crippen LogP contribution >= 0.6 is 11.3 Å². The second kappa shape index (κ2) is 6.33. The van der Waals surface area contributed by atoms with Gasteiger partial charge in [0.25, 0.3) is 0 Å². The number of nitrogens with one attached hydrogen (secondary N) is 1. The first kappa shape index (κ1) is 12.8. The van der Waals surface area contributed by atoms with Gasteiger partial charge >= 0.3 is 5.97 Å². The third-order valence-electron chi connectivity index (χ3n) is 2.58. The Labute approximate surface area is 110 Å². The molecule has 0 amide bonds. The van der Waals surface area contributed by atoms with E-state index in [-0.39, 0.29) is 6.42 Å². The summed E-state index contributed by atoms with van der Waals surface area (Å²) >= 11 is 1.69. The van der Waals surface area contributed by atoms with Crippen molar-refractivity contribution in [3.8, 4) is 11.1 Å². The van der Waals surface area contributed by atoms with Crippen LogP contribution in [0.5, 0.6) is 0 Å². The van der Waals surface area contributed by atoms with E-state index in [0.29, 0.717) is 6.54 Å². The van der Waals surface area contributed by atoms with E-state index in [4.69, 9.17) is 5.11 Å². The fourth-order valence-electron chi connectivity index (χ4n) is 1.66. The number of aliphatic carboxylic acids is 1. The number of carboxylic acid groups (broad SMARTS) is 1. The highest BCUT2D eigenvalue weighted by molar-refractivity contribution is 7.10. The number of carboxylic acids is 1. The standard InChI is InChI=1S/C14H15NO2S/c16-14(17)6-7-15-9-13-8-12(10-18-13)11-4-2-1-3-5-11/h1-5,8,10,15H,6-7,9H2,(H,16,17). The second-order valence-electron chi connectivity index (χ2n) is 3.99. The predicted molar refractivity (Wildman–Crippen MR) is 73.7 cm³/mol. The molecule has 0 saturated heterocycles. The number of benzene rings is 1. The van der Waals surface area contributed by atoms with Gasteiger partial charge in [0.1, 0.15) is 0 Å². The topological polar surface area (TPSA) is 49.3 Å². The summed E-state index contributed by atoms with van der Waals surface area (Å²) in [6, 6.07) is 12.4. The Bertz CT molecular complexity index is 508. The van der Waals surface area contributed by atoms with Crippen molar-refractivity contribution < 1.29 is 9.90 Å². The highest BCUT2D eigenvalue weighted by Gasteiger charge is 2.02. The lowest BCUT2D eigenvalue weighted by Crippen LogP contribution is -2.16. The number of thiophene rings is 1. The zero-order valence-corrected chi connectivity index (χ0v) is 10.7. The highest BCUT2D eigenvalue weighted by Crippen LogP contribution is 2.25. The molecule has 0 atom stereocenters. The summed E-state index contributed by atoms with van der Waals surface area (Å²) in [5, 5.41) is 13.8. The van der Waals surface area contributed by atoms with Crippen molar-refractivity contribution in [3.05, 3.63) is 46.7 Å². The van der Waals surface area contributed by atoms with Gasteiger partial charge in [0, 0.05) is 18.0 Å². The minimum Gasteiger partial charge on any atom is -0.481 e. The maximum absolute atomic E-state index is 10.4. The van der Waals surface area contributed by atoms with Gasteiger partial charge in [-0.25, -0.2) is 0 Å². The van der Waals surface area contributed by atoms with E-state index in [1.807, 2.05) is 18.2 Å². The molecule has 1 aromatic carbocycles. The zero-order valence-electron chi connectivity index (χ0n) is 9.93. The molecule has 3 nitrogen and oxygen atoms in total. The summed E-state index contributed by atoms with van der Waals surface area (Å²) in [5.41, 5.74) is 2.43. The normalized spacial score (nSPS) is 10.4. The van der Waals surface area contributed by atoms with Crippen LogP contribution in [0.4, 0.5) is 0 Å². The molecule has 1 heterocycles. The van der Waals surface area contributed by atoms with Gasteiger partial charge in [-0.05, 0) is 22.6 Å². The summed E-state index contributed by atoms with van der Waals surface area (Å²) in [6.07, 6.45) is 0.164. The molecule has 94 valence electrons. The molecule has 4 heteroatoms. The molecule has 1 aromatic heterocycles. The molecule has 0 bridgehead atoms. The van der Waals surface area contributed by atoms with Gasteiger partial charge in [0.05, 0.1) is 6.42 Å². The Kier molecular flexibility index (Phi) is 4.50. The summed E-state index contributed by atoms with van der Waals surface area (Å²) in [7, 11) is 0. The van der Waals surface area contributed by atoms with Crippen LogP contribution in [0.15, 0.2) is 41.8 Å². The van der Waals surface area contributed by atoms with E-state index in [2.05, 4.69) is 28.9 Å². The molecule has 0 aliphatic heterocycles. The molecule has 0 unspecified atom stereocenters. The van der Waals surface area contributed by atoms with E-state index in [1.54, 1.807) is 11.3 Å². The quantitative estimate of drug-likeness (QED) is 0.786. The molecule has 0 saturated carbocycles. The van der Waals surface area contributed by atoms with E-state index >= 15 is 0 Å². The van der Waals surface area contributed by atoms with E-state index in [1.165, 1.54) is 16.0 Å². The molecular formula is C14H15NO2S. The second-order valence-corrected chi connectivity index (χ2v) is 4.98. The summed E-state index contributed by atoms with van der Waals surface area (Å²) in [5.74, 6) is -0.765. The van der Waals surface area contributed by atoms with Crippen LogP contribution < -0.4 is 5.32 Å². The predicted octanol–water partition coefficient (Wildman–Crippen LogP) is 2.98. The zero-order chi connectivity index (χ0) is 12.8. The van der Waals surface area contributed by atoms with Gasteiger partial charge in [-0.1, -0.05) is 30.3 Å². The van der Waals surface area contributed by atoms with Crippen LogP contribution in [0.1, 0.15) is 11.3 Å². The molecule has 2 aromatic rings. The Morgan fingerprint density at radius 1 is 1.22 bits per heavy atom. The molecular weight excluding hydrogens is 246 g/mol. The lowest BCUT2D eigenvalue weighted by molar-refractivity contribution is -0.136. The number of hydrogen-bond acceptors (Lipinski definition) is 3. The van der Waals surface area contributed by atoms with Crippen molar-refractivity contribution >= 4 is 17.3 Å². The Hall–Kier alpha value is -1.65. The van der Waals surface area contributed by atoms with Crippen molar-refractivity contribution in [2.45, 2.75) is 13.0 Å². The fraction of sp³-hybridized carbons (Fsp3) is 0.214. The van der Waals surface area contributed by atoms with Crippen molar-refractivity contribution in [1.82, 2.24) is 5.32 Å². The minimum atomic E-state index is -0.765. The van der Waals surface area contributed by atoms with Gasteiger partial charge in [-0.3, -0.25) is 4.79 Å². The first-order valence-corrected chi connectivity index (χ1v) is 6.69. The molecule has 0 aliphatic rings. The summed E-state index contributed by atoms with van der Waals surface area (Å²) in [4.78, 5) is 11.6. The van der Waals surface area contributed by atoms with E-state index < -0.39 is 5.97 Å². The van der Waals surface area contributed by atoms with Crippen molar-refractivity contribution in [1.29, 1.82) is 0 Å². The average Bonchev–Trinajstić information content (AvgIpc) is 2.84. The van der Waals surface area contributed by atoms with Gasteiger partial charge in [0.15, 0.2) is 0 Å². The summed E-state index contributed by atoms with van der Waals surface area (Å²) < 4.78 is 0. The Balaban J connectivity index is 1.89. The third-order valence-corrected chi connectivity index (χ3v) is 3.51. The van der Waals surface area contributed by atoms with Crippen molar-refractivity contribution in [2.75, 3.05) is 6.54 Å². The van der Waals surface area contributed by atoms with Crippen LogP contribution in [0.2, 0.25) is 0 Å². The molecule has 2 N–H and O–H groups in total. The van der Waals surface area contributed by atoms with Crippen LogP contribution in [-0.4, -0.2) is 17.6 Å². The first-order valence-electron chi connectivity index (χ1n) is 5.81. The maximum atomic E-state index is 10.4. The van der Waals surface area contributed by atoms with Crippen LogP contribution in [-0.2, 0) is 11.3 Å². The number of hydrogen-bond donors (Lipinski definition) is 2. The minimum absolute atomic E-state index is 0.164. The van der Waals surface area contributed by atoms with Crippen molar-refractivity contribution in [2.24, 2.45) is 0 Å². The molecule has 2 rings (SSSR count). The number of carbonyl (C=O) groups is 1. The van der Waals surface area contributed by atoms with Crippen LogP contribution in [0, 0.1) is 0 Å². The van der Waals surface area contributed by atoms with Crippen LogP contribution in [0.25, 0.3) is 11.1 Å². The van der Waals surface area contributed by atoms with Gasteiger partial charge in [0.2, 0.25) is 0 Å². The van der Waals surface area contributed by atoms with Crippen molar-refractivity contribution in [3.63, 3.8) is 0 Å². The van der Waals surface area contributed by atoms with Gasteiger partial charge < -0.3 is 10.4 Å². The monoisotopic (exact) mass is 261 g/mol. The molecule has 0 spiro atoms. The Morgan fingerprint density at radius 3 is 2.72 bits per heavy atom. The molecule has 0 fully saturated rings. The fourth-order valence-corrected chi connectivity index (χ4v) is 2.53. The molecule has 18 heavy (non-hydrogen) atoms. The smallest absolute Gasteiger partial charge is 0.304 e. The largest absolute Gasteiger partial charge is 0.481 e. The average molecular weight is 261 g/mol. The lowest BCUT2D eigenvalue weighted by atomic mass is 10.1. The summed E-state index contributed by atoms with van der Waals surface area (Å²) in [6.45, 7) is 1.23. The lowest BCUT2D eigenvalue weighted by Gasteiger charge is -1.99. The third kappa shape index (κ3) is 3.68. The highest BCUT2D eigenvalue weighted by atomic mass is 32.1. The van der Waals surface area contributed by atoms with E-state index in [9.17, 15) is 4.79 Å².